The molecular weight excluding hydrogens is 376 g/mol. The molecule has 0 saturated carbocycles. The van der Waals surface area contributed by atoms with Gasteiger partial charge in [0, 0.05) is 36.6 Å². The molecule has 0 bridgehead atoms. The normalized spacial score (nSPS) is 16.3. The van der Waals surface area contributed by atoms with Crippen LogP contribution in [0.4, 0.5) is 5.82 Å². The first kappa shape index (κ1) is 19.9. The van der Waals surface area contributed by atoms with E-state index in [2.05, 4.69) is 29.2 Å². The molecule has 6 nitrogen and oxygen atoms in total. The maximum Gasteiger partial charge on any atom is 0.255 e. The Bertz CT molecular complexity index is 1030. The minimum atomic E-state index is -0.00442. The molecular formula is C24H26N4O2. The van der Waals surface area contributed by atoms with E-state index in [9.17, 15) is 4.79 Å². The van der Waals surface area contributed by atoms with Crippen LogP contribution in [0, 0.1) is 6.92 Å². The highest BCUT2D eigenvalue weighted by Crippen LogP contribution is 2.31. The van der Waals surface area contributed by atoms with E-state index in [1.807, 2.05) is 24.0 Å². The lowest BCUT2D eigenvalue weighted by atomic mass is 9.92. The van der Waals surface area contributed by atoms with Crippen LogP contribution in [-0.2, 0) is 0 Å². The molecule has 0 spiro atoms. The van der Waals surface area contributed by atoms with Crippen LogP contribution in [0.1, 0.15) is 40.5 Å². The molecule has 3 aromatic rings. The highest BCUT2D eigenvalue weighted by Gasteiger charge is 2.27. The van der Waals surface area contributed by atoms with Gasteiger partial charge in [-0.25, -0.2) is 4.98 Å². The Labute approximate surface area is 176 Å². The third-order valence-electron chi connectivity index (χ3n) is 5.56. The Hall–Kier alpha value is -3.41. The van der Waals surface area contributed by atoms with Crippen molar-refractivity contribution in [3.8, 4) is 16.9 Å². The molecule has 3 heterocycles. The van der Waals surface area contributed by atoms with E-state index in [0.29, 0.717) is 17.9 Å². The molecule has 1 aliphatic heterocycles. The van der Waals surface area contributed by atoms with E-state index in [4.69, 9.17) is 15.5 Å². The average molecular weight is 402 g/mol. The van der Waals surface area contributed by atoms with Crippen LogP contribution < -0.4 is 10.5 Å². The Kier molecular flexibility index (Phi) is 5.65. The predicted molar refractivity (Wildman–Crippen MR) is 117 cm³/mol. The Morgan fingerprint density at radius 1 is 1.13 bits per heavy atom. The third-order valence-corrected chi connectivity index (χ3v) is 5.56. The minimum Gasteiger partial charge on any atom is -0.497 e. The molecule has 1 saturated heterocycles. The van der Waals surface area contributed by atoms with Crippen LogP contribution >= 0.6 is 0 Å². The second kappa shape index (κ2) is 8.53. The van der Waals surface area contributed by atoms with Crippen LogP contribution in [-0.4, -0.2) is 41.0 Å². The van der Waals surface area contributed by atoms with Gasteiger partial charge in [-0.3, -0.25) is 9.78 Å². The number of methoxy groups -OCH3 is 1. The SMILES string of the molecule is COc1ccc(-c2cc(C)nc([C@@H]3CCCN(C(=O)c4ccc(N)nc4)C3)c2)cc1. The van der Waals surface area contributed by atoms with E-state index in [1.54, 1.807) is 25.4 Å². The lowest BCUT2D eigenvalue weighted by Crippen LogP contribution is -2.39. The zero-order valence-corrected chi connectivity index (χ0v) is 17.3. The van der Waals surface area contributed by atoms with Crippen LogP contribution in [0.5, 0.6) is 5.75 Å². The van der Waals surface area contributed by atoms with E-state index >= 15 is 0 Å². The van der Waals surface area contributed by atoms with Crippen molar-refractivity contribution >= 4 is 11.7 Å². The van der Waals surface area contributed by atoms with Gasteiger partial charge in [0.2, 0.25) is 0 Å². The summed E-state index contributed by atoms with van der Waals surface area (Å²) in [5.41, 5.74) is 10.5. The average Bonchev–Trinajstić information content (AvgIpc) is 2.79. The molecule has 0 unspecified atom stereocenters. The van der Waals surface area contributed by atoms with Gasteiger partial charge < -0.3 is 15.4 Å². The lowest BCUT2D eigenvalue weighted by Gasteiger charge is -2.33. The van der Waals surface area contributed by atoms with E-state index in [0.717, 1.165) is 47.7 Å². The molecule has 1 amide bonds. The number of rotatable bonds is 4. The summed E-state index contributed by atoms with van der Waals surface area (Å²) in [6, 6.07) is 15.7. The fourth-order valence-corrected chi connectivity index (χ4v) is 3.97. The molecule has 1 fully saturated rings. The van der Waals surface area contributed by atoms with Gasteiger partial charge in [0.05, 0.1) is 12.7 Å². The second-order valence-electron chi connectivity index (χ2n) is 7.71. The number of carbonyl (C=O) groups excluding carboxylic acids is 1. The highest BCUT2D eigenvalue weighted by molar-refractivity contribution is 5.94. The minimum absolute atomic E-state index is 0.00442. The fraction of sp³-hybridized carbons (Fsp3) is 0.292. The number of carbonyl (C=O) groups is 1. The lowest BCUT2D eigenvalue weighted by molar-refractivity contribution is 0.0705. The number of piperidine rings is 1. The number of pyridine rings is 2. The van der Waals surface area contributed by atoms with Crippen LogP contribution in [0.2, 0.25) is 0 Å². The summed E-state index contributed by atoms with van der Waals surface area (Å²) in [5, 5.41) is 0. The molecule has 0 radical (unpaired) electrons. The molecule has 0 aliphatic carbocycles. The van der Waals surface area contributed by atoms with Gasteiger partial charge in [0.25, 0.3) is 5.91 Å². The first-order valence-electron chi connectivity index (χ1n) is 10.2. The monoisotopic (exact) mass is 402 g/mol. The Morgan fingerprint density at radius 3 is 2.63 bits per heavy atom. The molecule has 2 N–H and O–H groups in total. The maximum atomic E-state index is 12.9. The van der Waals surface area contributed by atoms with Crippen molar-refractivity contribution in [2.75, 3.05) is 25.9 Å². The third kappa shape index (κ3) is 4.27. The van der Waals surface area contributed by atoms with Crippen molar-refractivity contribution in [2.45, 2.75) is 25.7 Å². The zero-order valence-electron chi connectivity index (χ0n) is 17.3. The summed E-state index contributed by atoms with van der Waals surface area (Å²) in [7, 11) is 1.67. The van der Waals surface area contributed by atoms with Crippen LogP contribution in [0.15, 0.2) is 54.7 Å². The van der Waals surface area contributed by atoms with Gasteiger partial charge in [-0.1, -0.05) is 12.1 Å². The number of ether oxygens (including phenoxy) is 1. The number of aromatic nitrogens is 2. The number of hydrogen-bond acceptors (Lipinski definition) is 5. The Balaban J connectivity index is 1.56. The molecule has 30 heavy (non-hydrogen) atoms. The van der Waals surface area contributed by atoms with Gasteiger partial charge >= 0.3 is 0 Å². The molecule has 2 aromatic heterocycles. The molecule has 154 valence electrons. The van der Waals surface area contributed by atoms with Gasteiger partial charge in [-0.05, 0) is 67.3 Å². The summed E-state index contributed by atoms with van der Waals surface area (Å²) in [4.78, 5) is 23.7. The maximum absolute atomic E-state index is 12.9. The quantitative estimate of drug-likeness (QED) is 0.712. The van der Waals surface area contributed by atoms with Gasteiger partial charge in [-0.2, -0.15) is 0 Å². The highest BCUT2D eigenvalue weighted by atomic mass is 16.5. The summed E-state index contributed by atoms with van der Waals surface area (Å²) in [5.74, 6) is 1.46. The van der Waals surface area contributed by atoms with Gasteiger partial charge in [0.15, 0.2) is 0 Å². The molecule has 1 aliphatic rings. The number of amides is 1. The first-order chi connectivity index (χ1) is 14.5. The van der Waals surface area contributed by atoms with E-state index in [-0.39, 0.29) is 11.8 Å². The number of nitrogens with two attached hydrogens (primary N) is 1. The number of nitrogen functional groups attached to an aromatic ring is 1. The van der Waals surface area contributed by atoms with Crippen molar-refractivity contribution in [1.29, 1.82) is 0 Å². The summed E-state index contributed by atoms with van der Waals surface area (Å²) in [6.45, 7) is 3.42. The fourth-order valence-electron chi connectivity index (χ4n) is 3.97. The van der Waals surface area contributed by atoms with Crippen molar-refractivity contribution in [1.82, 2.24) is 14.9 Å². The number of hydrogen-bond donors (Lipinski definition) is 1. The zero-order chi connectivity index (χ0) is 21.1. The number of aryl methyl sites for hydroxylation is 1. The van der Waals surface area contributed by atoms with Crippen LogP contribution in [0.3, 0.4) is 0 Å². The van der Waals surface area contributed by atoms with Crippen LogP contribution in [0.25, 0.3) is 11.1 Å². The van der Waals surface area contributed by atoms with E-state index in [1.165, 1.54) is 0 Å². The van der Waals surface area contributed by atoms with E-state index < -0.39 is 0 Å². The largest absolute Gasteiger partial charge is 0.497 e. The van der Waals surface area contributed by atoms with Crippen molar-refractivity contribution in [3.05, 3.63) is 71.7 Å². The summed E-state index contributed by atoms with van der Waals surface area (Å²) >= 11 is 0. The van der Waals surface area contributed by atoms with Crippen molar-refractivity contribution in [3.63, 3.8) is 0 Å². The standard InChI is InChI=1S/C24H26N4O2/c1-16-12-20(17-5-8-21(30-2)9-6-17)13-22(27-16)19-4-3-11-28(15-19)24(29)18-7-10-23(25)26-14-18/h5-10,12-14,19H,3-4,11,15H2,1-2H3,(H2,25,26)/t19-/m1/s1. The number of benzene rings is 1. The molecule has 6 heteroatoms. The van der Waals surface area contributed by atoms with Gasteiger partial charge in [-0.15, -0.1) is 0 Å². The number of anilines is 1. The number of likely N-dealkylation sites (tertiary alicyclic amines) is 1. The van der Waals surface area contributed by atoms with Gasteiger partial charge in [0.1, 0.15) is 11.6 Å². The molecule has 1 aromatic carbocycles. The summed E-state index contributed by atoms with van der Waals surface area (Å²) in [6.07, 6.45) is 3.52. The topological polar surface area (TPSA) is 81.3 Å². The molecule has 4 rings (SSSR count). The molecule has 1 atom stereocenters. The first-order valence-corrected chi connectivity index (χ1v) is 10.2. The van der Waals surface area contributed by atoms with Crippen molar-refractivity contribution in [2.24, 2.45) is 0 Å². The van der Waals surface area contributed by atoms with Crippen molar-refractivity contribution < 1.29 is 9.53 Å². The smallest absolute Gasteiger partial charge is 0.255 e. The predicted octanol–water partition coefficient (Wildman–Crippen LogP) is 4.06. The Morgan fingerprint density at radius 2 is 1.93 bits per heavy atom. The summed E-state index contributed by atoms with van der Waals surface area (Å²) < 4.78 is 5.26. The number of nitrogens with zero attached hydrogens (tertiary/aromatic N) is 3. The second-order valence-corrected chi connectivity index (χ2v) is 7.71.